The topological polar surface area (TPSA) is 66.6 Å². The van der Waals surface area contributed by atoms with E-state index in [0.29, 0.717) is 18.1 Å². The molecule has 19 heavy (non-hydrogen) atoms. The average Bonchev–Trinajstić information content (AvgIpc) is 2.32. The van der Waals surface area contributed by atoms with Gasteiger partial charge in [-0.05, 0) is 19.8 Å². The van der Waals surface area contributed by atoms with Gasteiger partial charge in [0.1, 0.15) is 0 Å². The van der Waals surface area contributed by atoms with Crippen molar-refractivity contribution in [3.8, 4) is 0 Å². The molecule has 1 heterocycles. The van der Waals surface area contributed by atoms with Gasteiger partial charge in [0.2, 0.25) is 11.8 Å². The predicted octanol–water partition coefficient (Wildman–Crippen LogP) is 0.770. The van der Waals surface area contributed by atoms with E-state index in [-0.39, 0.29) is 30.3 Å². The zero-order valence-corrected chi connectivity index (χ0v) is 12.8. The minimum Gasteiger partial charge on any atom is -0.393 e. The normalized spacial score (nSPS) is 17.0. The lowest BCUT2D eigenvalue weighted by Crippen LogP contribution is -2.53. The van der Waals surface area contributed by atoms with Gasteiger partial charge in [-0.15, -0.1) is 0 Å². The van der Waals surface area contributed by atoms with Gasteiger partial charge in [-0.2, -0.15) is 0 Å². The number of carbonyl (C=O) groups excluding carboxylic acids is 2. The first-order valence-corrected chi connectivity index (χ1v) is 7.04. The van der Waals surface area contributed by atoms with Crippen LogP contribution >= 0.6 is 12.2 Å². The van der Waals surface area contributed by atoms with Gasteiger partial charge in [-0.3, -0.25) is 9.59 Å². The van der Waals surface area contributed by atoms with Crippen LogP contribution in [-0.2, 0) is 9.59 Å². The third kappa shape index (κ3) is 4.16. The highest BCUT2D eigenvalue weighted by molar-refractivity contribution is 7.80. The second-order valence-corrected chi connectivity index (χ2v) is 6.01. The van der Waals surface area contributed by atoms with Crippen molar-refractivity contribution in [2.45, 2.75) is 33.6 Å². The molecular weight excluding hydrogens is 262 g/mol. The SMILES string of the molecule is CCN1CC(=O)N(CCCC(C)(C)C(N)=S)CC1=O. The van der Waals surface area contributed by atoms with Gasteiger partial charge in [0, 0.05) is 18.5 Å². The summed E-state index contributed by atoms with van der Waals surface area (Å²) in [4.78, 5) is 27.3. The summed E-state index contributed by atoms with van der Waals surface area (Å²) in [7, 11) is 0. The van der Waals surface area contributed by atoms with Crippen molar-refractivity contribution in [2.75, 3.05) is 26.2 Å². The summed E-state index contributed by atoms with van der Waals surface area (Å²) in [5.74, 6) is 0.0466. The van der Waals surface area contributed by atoms with Gasteiger partial charge in [0.05, 0.1) is 18.1 Å². The lowest BCUT2D eigenvalue weighted by molar-refractivity contribution is -0.149. The minimum atomic E-state index is -0.201. The van der Waals surface area contributed by atoms with Crippen LogP contribution in [0, 0.1) is 5.41 Å². The molecule has 1 saturated heterocycles. The lowest BCUT2D eigenvalue weighted by atomic mass is 9.88. The summed E-state index contributed by atoms with van der Waals surface area (Å²) < 4.78 is 0. The number of amides is 2. The van der Waals surface area contributed by atoms with Gasteiger partial charge in [0.25, 0.3) is 0 Å². The van der Waals surface area contributed by atoms with Crippen molar-refractivity contribution >= 4 is 29.0 Å². The van der Waals surface area contributed by atoms with Crippen molar-refractivity contribution in [3.63, 3.8) is 0 Å². The molecule has 108 valence electrons. The molecular formula is C13H23N3O2S. The first-order chi connectivity index (χ1) is 8.77. The molecule has 6 heteroatoms. The maximum Gasteiger partial charge on any atom is 0.242 e. The van der Waals surface area contributed by atoms with Crippen molar-refractivity contribution < 1.29 is 9.59 Å². The molecule has 0 aliphatic carbocycles. The van der Waals surface area contributed by atoms with Crippen LogP contribution in [0.1, 0.15) is 33.6 Å². The maximum atomic E-state index is 11.9. The van der Waals surface area contributed by atoms with Gasteiger partial charge < -0.3 is 15.5 Å². The van der Waals surface area contributed by atoms with Gasteiger partial charge in [0.15, 0.2) is 0 Å². The smallest absolute Gasteiger partial charge is 0.242 e. The Bertz CT molecular complexity index is 382. The molecule has 0 aromatic carbocycles. The molecule has 2 amide bonds. The first kappa shape index (κ1) is 15.9. The van der Waals surface area contributed by atoms with E-state index < -0.39 is 0 Å². The molecule has 1 rings (SSSR count). The summed E-state index contributed by atoms with van der Waals surface area (Å²) >= 11 is 5.01. The van der Waals surface area contributed by atoms with Crippen LogP contribution in [0.3, 0.4) is 0 Å². The molecule has 0 radical (unpaired) electrons. The van der Waals surface area contributed by atoms with Crippen LogP contribution in [-0.4, -0.2) is 52.8 Å². The Kier molecular flexibility index (Phi) is 5.29. The zero-order valence-electron chi connectivity index (χ0n) is 11.9. The van der Waals surface area contributed by atoms with Gasteiger partial charge >= 0.3 is 0 Å². The zero-order chi connectivity index (χ0) is 14.6. The summed E-state index contributed by atoms with van der Waals surface area (Å²) in [5.41, 5.74) is 5.46. The summed E-state index contributed by atoms with van der Waals surface area (Å²) in [6, 6.07) is 0. The maximum absolute atomic E-state index is 11.9. The summed E-state index contributed by atoms with van der Waals surface area (Å²) in [6.45, 7) is 7.45. The van der Waals surface area contributed by atoms with Crippen molar-refractivity contribution in [1.29, 1.82) is 0 Å². The summed E-state index contributed by atoms with van der Waals surface area (Å²) in [6.07, 6.45) is 1.62. The van der Waals surface area contributed by atoms with Crippen LogP contribution in [0.15, 0.2) is 0 Å². The third-order valence-corrected chi connectivity index (χ3v) is 4.19. The number of piperazine rings is 1. The predicted molar refractivity (Wildman–Crippen MR) is 78.6 cm³/mol. The molecule has 0 unspecified atom stereocenters. The number of thiocarbonyl (C=S) groups is 1. The Labute approximate surface area is 120 Å². The molecule has 0 atom stereocenters. The van der Waals surface area contributed by atoms with E-state index in [1.54, 1.807) is 9.80 Å². The molecule has 0 bridgehead atoms. The van der Waals surface area contributed by atoms with Crippen LogP contribution < -0.4 is 5.73 Å². The number of nitrogens with zero attached hydrogens (tertiary/aromatic N) is 2. The Hall–Kier alpha value is -1.17. The van der Waals surface area contributed by atoms with Crippen molar-refractivity contribution in [2.24, 2.45) is 11.1 Å². The lowest BCUT2D eigenvalue weighted by Gasteiger charge is -2.34. The fraction of sp³-hybridized carbons (Fsp3) is 0.769. The molecule has 1 fully saturated rings. The Balaban J connectivity index is 2.44. The van der Waals surface area contributed by atoms with E-state index >= 15 is 0 Å². The highest BCUT2D eigenvalue weighted by Crippen LogP contribution is 2.23. The van der Waals surface area contributed by atoms with Crippen LogP contribution in [0.4, 0.5) is 0 Å². The van der Waals surface area contributed by atoms with E-state index in [2.05, 4.69) is 0 Å². The largest absolute Gasteiger partial charge is 0.393 e. The highest BCUT2D eigenvalue weighted by Gasteiger charge is 2.29. The van der Waals surface area contributed by atoms with Crippen LogP contribution in [0.25, 0.3) is 0 Å². The second kappa shape index (κ2) is 6.32. The van der Waals surface area contributed by atoms with E-state index in [1.807, 2.05) is 20.8 Å². The highest BCUT2D eigenvalue weighted by atomic mass is 32.1. The quantitative estimate of drug-likeness (QED) is 0.732. The molecule has 2 N–H and O–H groups in total. The molecule has 0 aromatic heterocycles. The first-order valence-electron chi connectivity index (χ1n) is 6.63. The van der Waals surface area contributed by atoms with Crippen molar-refractivity contribution in [3.05, 3.63) is 0 Å². The van der Waals surface area contributed by atoms with Crippen LogP contribution in [0.5, 0.6) is 0 Å². The Morgan fingerprint density at radius 2 is 1.79 bits per heavy atom. The number of hydrogen-bond acceptors (Lipinski definition) is 3. The monoisotopic (exact) mass is 285 g/mol. The number of nitrogens with two attached hydrogens (primary N) is 1. The number of carbonyl (C=O) groups is 2. The minimum absolute atomic E-state index is 0.0228. The molecule has 0 saturated carbocycles. The summed E-state index contributed by atoms with van der Waals surface area (Å²) in [5, 5.41) is 0. The van der Waals surface area contributed by atoms with E-state index in [9.17, 15) is 9.59 Å². The van der Waals surface area contributed by atoms with Crippen molar-refractivity contribution in [1.82, 2.24) is 9.80 Å². The van der Waals surface area contributed by atoms with Gasteiger partial charge in [-0.25, -0.2) is 0 Å². The fourth-order valence-corrected chi connectivity index (χ4v) is 2.13. The van der Waals surface area contributed by atoms with E-state index in [0.717, 1.165) is 12.8 Å². The average molecular weight is 285 g/mol. The van der Waals surface area contributed by atoms with Crippen LogP contribution in [0.2, 0.25) is 0 Å². The molecule has 0 spiro atoms. The Morgan fingerprint density at radius 1 is 1.26 bits per heavy atom. The van der Waals surface area contributed by atoms with E-state index in [4.69, 9.17) is 18.0 Å². The fourth-order valence-electron chi connectivity index (χ4n) is 2.03. The third-order valence-electron chi connectivity index (χ3n) is 3.64. The molecule has 0 aromatic rings. The number of likely N-dealkylation sites (N-methyl/N-ethyl adjacent to an activating group) is 1. The van der Waals surface area contributed by atoms with Gasteiger partial charge in [-0.1, -0.05) is 26.1 Å². The standard InChI is InChI=1S/C13H23N3O2S/c1-4-15-8-11(18)16(9-10(15)17)7-5-6-13(2,3)12(14)19/h4-9H2,1-3H3,(H2,14,19). The van der Waals surface area contributed by atoms with E-state index in [1.165, 1.54) is 0 Å². The number of rotatable bonds is 6. The Morgan fingerprint density at radius 3 is 2.32 bits per heavy atom. The number of hydrogen-bond donors (Lipinski definition) is 1. The molecule has 5 nitrogen and oxygen atoms in total. The molecule has 1 aliphatic rings. The second-order valence-electron chi connectivity index (χ2n) is 5.57. The molecule has 1 aliphatic heterocycles.